The molecule has 0 saturated heterocycles. The Balaban J connectivity index is 3.64. The van der Waals surface area contributed by atoms with Crippen molar-refractivity contribution in [2.75, 3.05) is 13.2 Å². The van der Waals surface area contributed by atoms with Crippen LogP contribution in [0.3, 0.4) is 0 Å². The summed E-state index contributed by atoms with van der Waals surface area (Å²) in [5, 5.41) is 0. The van der Waals surface area contributed by atoms with Gasteiger partial charge in [0.05, 0.1) is 0 Å². The molecule has 0 amide bonds. The summed E-state index contributed by atoms with van der Waals surface area (Å²) in [6, 6.07) is 0. The van der Waals surface area contributed by atoms with Crippen molar-refractivity contribution in [3.63, 3.8) is 0 Å². The van der Waals surface area contributed by atoms with Gasteiger partial charge >= 0.3 is 0 Å². The first-order valence-electron chi connectivity index (χ1n) is 8.55. The fourth-order valence-corrected chi connectivity index (χ4v) is 2.43. The lowest BCUT2D eigenvalue weighted by Gasteiger charge is -2.14. The number of carbonyl (C=O) groups excluding carboxylic acids is 1. The number of hydrogen-bond acceptors (Lipinski definition) is 2. The van der Waals surface area contributed by atoms with Gasteiger partial charge in [-0.2, -0.15) is 0 Å². The molecule has 0 fully saturated rings. The molecule has 2 nitrogen and oxygen atoms in total. The molecular weight excluding hydrogens is 248 g/mol. The van der Waals surface area contributed by atoms with Crippen LogP contribution in [0.4, 0.5) is 0 Å². The van der Waals surface area contributed by atoms with Crippen LogP contribution in [0.25, 0.3) is 0 Å². The molecule has 0 aliphatic rings. The fraction of sp³-hybridized carbons (Fsp3) is 0.944. The van der Waals surface area contributed by atoms with E-state index in [-0.39, 0.29) is 0 Å². The third kappa shape index (κ3) is 12.7. The van der Waals surface area contributed by atoms with Crippen molar-refractivity contribution >= 4 is 5.78 Å². The van der Waals surface area contributed by atoms with Crippen LogP contribution >= 0.6 is 0 Å². The predicted octanol–water partition coefficient (Wildman–Crippen LogP) is 5.25. The first kappa shape index (κ1) is 19.6. The second kappa shape index (κ2) is 12.4. The maximum absolute atomic E-state index is 12.0. The molecular formula is C18H36O2. The van der Waals surface area contributed by atoms with Crippen molar-refractivity contribution in [2.45, 2.75) is 79.6 Å². The topological polar surface area (TPSA) is 26.3 Å². The van der Waals surface area contributed by atoms with Gasteiger partial charge < -0.3 is 4.74 Å². The van der Waals surface area contributed by atoms with Crippen molar-refractivity contribution in [2.24, 2.45) is 17.8 Å². The van der Waals surface area contributed by atoms with Crippen molar-refractivity contribution in [1.29, 1.82) is 0 Å². The number of rotatable bonds is 13. The second-order valence-electron chi connectivity index (χ2n) is 6.91. The molecule has 0 N–H and O–H groups in total. The molecule has 0 rings (SSSR count). The van der Waals surface area contributed by atoms with Crippen LogP contribution in [0.5, 0.6) is 0 Å². The van der Waals surface area contributed by atoms with Gasteiger partial charge in [0.25, 0.3) is 0 Å². The highest BCUT2D eigenvalue weighted by Gasteiger charge is 2.13. The summed E-state index contributed by atoms with van der Waals surface area (Å²) >= 11 is 0. The van der Waals surface area contributed by atoms with Gasteiger partial charge in [-0.05, 0) is 24.2 Å². The van der Waals surface area contributed by atoms with E-state index in [2.05, 4.69) is 34.6 Å². The number of hydrogen-bond donors (Lipinski definition) is 0. The van der Waals surface area contributed by atoms with E-state index in [0.29, 0.717) is 24.0 Å². The van der Waals surface area contributed by atoms with Crippen LogP contribution in [-0.4, -0.2) is 19.0 Å². The zero-order valence-electron chi connectivity index (χ0n) is 14.4. The average molecular weight is 284 g/mol. The molecule has 2 unspecified atom stereocenters. The lowest BCUT2D eigenvalue weighted by molar-refractivity contribution is -0.121. The molecule has 0 aromatic carbocycles. The van der Waals surface area contributed by atoms with Crippen LogP contribution in [0.2, 0.25) is 0 Å². The highest BCUT2D eigenvalue weighted by Crippen LogP contribution is 2.17. The lowest BCUT2D eigenvalue weighted by Crippen LogP contribution is -2.14. The first-order valence-corrected chi connectivity index (χ1v) is 8.55. The average Bonchev–Trinajstić information content (AvgIpc) is 2.33. The SMILES string of the molecule is CCCCOCC(C)CC(=O)CC(C)CCCC(C)C. The molecule has 20 heavy (non-hydrogen) atoms. The van der Waals surface area contributed by atoms with Crippen LogP contribution in [0.1, 0.15) is 79.6 Å². The third-order valence-corrected chi connectivity index (χ3v) is 3.68. The third-order valence-electron chi connectivity index (χ3n) is 3.68. The Hall–Kier alpha value is -0.370. The Morgan fingerprint density at radius 2 is 1.60 bits per heavy atom. The molecule has 0 saturated carbocycles. The molecule has 0 radical (unpaired) electrons. The van der Waals surface area contributed by atoms with Crippen molar-refractivity contribution in [3.8, 4) is 0 Å². The number of ether oxygens (including phenoxy) is 1. The fourth-order valence-electron chi connectivity index (χ4n) is 2.43. The van der Waals surface area contributed by atoms with E-state index in [1.165, 1.54) is 25.7 Å². The number of ketones is 1. The van der Waals surface area contributed by atoms with E-state index in [1.54, 1.807) is 0 Å². The van der Waals surface area contributed by atoms with Crippen LogP contribution in [0.15, 0.2) is 0 Å². The van der Waals surface area contributed by atoms with Gasteiger partial charge in [-0.25, -0.2) is 0 Å². The monoisotopic (exact) mass is 284 g/mol. The normalized spacial score (nSPS) is 14.5. The molecule has 0 heterocycles. The minimum Gasteiger partial charge on any atom is -0.381 e. The minimum absolute atomic E-state index is 0.363. The molecule has 120 valence electrons. The van der Waals surface area contributed by atoms with Gasteiger partial charge in [0, 0.05) is 26.1 Å². The standard InChI is InChI=1S/C18H36O2/c1-6-7-11-20-14-17(5)13-18(19)12-16(4)10-8-9-15(2)3/h15-17H,6-14H2,1-5H3. The van der Waals surface area contributed by atoms with Gasteiger partial charge in [0.1, 0.15) is 5.78 Å². The summed E-state index contributed by atoms with van der Waals surface area (Å²) in [5.74, 6) is 2.09. The highest BCUT2D eigenvalue weighted by molar-refractivity contribution is 5.78. The Morgan fingerprint density at radius 1 is 0.950 bits per heavy atom. The number of unbranched alkanes of at least 4 members (excludes halogenated alkanes) is 1. The molecule has 0 aliphatic carbocycles. The Labute approximate surface area is 126 Å². The summed E-state index contributed by atoms with van der Waals surface area (Å²) in [7, 11) is 0. The molecule has 0 spiro atoms. The Bertz CT molecular complexity index is 236. The predicted molar refractivity (Wildman–Crippen MR) is 87.0 cm³/mol. The number of carbonyl (C=O) groups is 1. The van der Waals surface area contributed by atoms with Crippen LogP contribution < -0.4 is 0 Å². The summed E-state index contributed by atoms with van der Waals surface area (Å²) in [4.78, 5) is 12.0. The van der Waals surface area contributed by atoms with Crippen molar-refractivity contribution in [3.05, 3.63) is 0 Å². The second-order valence-corrected chi connectivity index (χ2v) is 6.91. The molecule has 0 aliphatic heterocycles. The maximum atomic E-state index is 12.0. The summed E-state index contributed by atoms with van der Waals surface area (Å²) < 4.78 is 5.58. The highest BCUT2D eigenvalue weighted by atomic mass is 16.5. The zero-order chi connectivity index (χ0) is 15.4. The van der Waals surface area contributed by atoms with E-state index in [4.69, 9.17) is 4.74 Å². The quantitative estimate of drug-likeness (QED) is 0.432. The first-order chi connectivity index (χ1) is 9.45. The molecule has 0 aromatic heterocycles. The van der Waals surface area contributed by atoms with E-state index in [9.17, 15) is 4.79 Å². The number of Topliss-reactive ketones (excluding diaryl/α,β-unsaturated/α-hetero) is 1. The molecule has 0 bridgehead atoms. The Morgan fingerprint density at radius 3 is 2.20 bits per heavy atom. The molecule has 2 atom stereocenters. The smallest absolute Gasteiger partial charge is 0.133 e. The zero-order valence-corrected chi connectivity index (χ0v) is 14.4. The summed E-state index contributed by atoms with van der Waals surface area (Å²) in [5.41, 5.74) is 0. The van der Waals surface area contributed by atoms with Gasteiger partial charge in [-0.15, -0.1) is 0 Å². The van der Waals surface area contributed by atoms with Gasteiger partial charge in [0.15, 0.2) is 0 Å². The van der Waals surface area contributed by atoms with Gasteiger partial charge in [-0.1, -0.05) is 60.3 Å². The van der Waals surface area contributed by atoms with E-state index in [0.717, 1.165) is 32.0 Å². The summed E-state index contributed by atoms with van der Waals surface area (Å²) in [6.07, 6.45) is 7.43. The van der Waals surface area contributed by atoms with E-state index >= 15 is 0 Å². The molecule has 2 heteroatoms. The van der Waals surface area contributed by atoms with Crippen molar-refractivity contribution in [1.82, 2.24) is 0 Å². The van der Waals surface area contributed by atoms with Crippen LogP contribution in [0, 0.1) is 17.8 Å². The largest absolute Gasteiger partial charge is 0.381 e. The van der Waals surface area contributed by atoms with Gasteiger partial charge in [-0.3, -0.25) is 4.79 Å². The van der Waals surface area contributed by atoms with Crippen LogP contribution in [-0.2, 0) is 9.53 Å². The minimum atomic E-state index is 0.363. The van der Waals surface area contributed by atoms with E-state index in [1.807, 2.05) is 0 Å². The lowest BCUT2D eigenvalue weighted by atomic mass is 9.93. The molecule has 0 aromatic rings. The van der Waals surface area contributed by atoms with Crippen molar-refractivity contribution < 1.29 is 9.53 Å². The Kier molecular flexibility index (Phi) is 12.1. The van der Waals surface area contributed by atoms with Gasteiger partial charge in [0.2, 0.25) is 0 Å². The van der Waals surface area contributed by atoms with E-state index < -0.39 is 0 Å². The summed E-state index contributed by atoms with van der Waals surface area (Å²) in [6.45, 7) is 12.6. The maximum Gasteiger partial charge on any atom is 0.133 e.